The highest BCUT2D eigenvalue weighted by atomic mass is 16.5. The lowest BCUT2D eigenvalue weighted by atomic mass is 10.0. The number of β-amino-alcohol motifs (C(OH)–C–C–N with tert-alkyl or cyclic N) is 1. The summed E-state index contributed by atoms with van der Waals surface area (Å²) in [4.78, 5) is 37.0. The molecule has 21 heavy (non-hydrogen) atoms. The molecule has 1 aliphatic heterocycles. The van der Waals surface area contributed by atoms with Crippen LogP contribution in [0.1, 0.15) is 28.4 Å². The molecule has 0 saturated heterocycles. The predicted octanol–water partition coefficient (Wildman–Crippen LogP) is 0.757. The second kappa shape index (κ2) is 4.96. The topological polar surface area (TPSA) is 83.9 Å². The molecule has 0 aromatic heterocycles. The summed E-state index contributed by atoms with van der Waals surface area (Å²) in [5.41, 5.74) is 0.321. The van der Waals surface area contributed by atoms with Crippen molar-refractivity contribution in [1.82, 2.24) is 0 Å². The molecule has 6 nitrogen and oxygen atoms in total. The molecule has 0 bridgehead atoms. The van der Waals surface area contributed by atoms with Crippen LogP contribution in [0.25, 0.3) is 0 Å². The van der Waals surface area contributed by atoms with E-state index >= 15 is 0 Å². The Hall–Kier alpha value is -2.21. The van der Waals surface area contributed by atoms with Gasteiger partial charge in [-0.05, 0) is 31.9 Å². The molecule has 6 heteroatoms. The molecule has 1 aromatic rings. The molecule has 0 aliphatic carbocycles. The molecule has 0 saturated carbocycles. The maximum absolute atomic E-state index is 12.2. The Bertz CT molecular complexity index is 648. The van der Waals surface area contributed by atoms with Gasteiger partial charge in [0.15, 0.2) is 5.60 Å². The number of fused-ring (bicyclic) bond motifs is 1. The fraction of sp³-hybridized carbons (Fsp3) is 0.400. The Morgan fingerprint density at radius 2 is 1.86 bits per heavy atom. The summed E-state index contributed by atoms with van der Waals surface area (Å²) in [5.74, 6) is -2.22. The number of amides is 1. The van der Waals surface area contributed by atoms with Gasteiger partial charge in [-0.1, -0.05) is 12.1 Å². The number of hydrogen-bond acceptors (Lipinski definition) is 5. The molecule has 2 rings (SSSR count). The van der Waals surface area contributed by atoms with Crippen molar-refractivity contribution in [3.63, 3.8) is 0 Å². The van der Waals surface area contributed by atoms with E-state index in [4.69, 9.17) is 0 Å². The van der Waals surface area contributed by atoms with Crippen LogP contribution in [0.15, 0.2) is 12.1 Å². The zero-order chi connectivity index (χ0) is 15.9. The smallest absolute Gasteiger partial charge is 0.339 e. The Labute approximate surface area is 122 Å². The monoisotopic (exact) mass is 291 g/mol. The number of aryl methyl sites for hydroxylation is 2. The van der Waals surface area contributed by atoms with E-state index in [0.717, 1.165) is 17.6 Å². The third kappa shape index (κ3) is 2.31. The van der Waals surface area contributed by atoms with Gasteiger partial charge in [-0.15, -0.1) is 0 Å². The minimum Gasteiger partial charge on any atom is -0.467 e. The molecule has 112 valence electrons. The van der Waals surface area contributed by atoms with E-state index in [1.165, 1.54) is 6.92 Å². The van der Waals surface area contributed by atoms with Gasteiger partial charge >= 0.3 is 5.97 Å². The van der Waals surface area contributed by atoms with Crippen LogP contribution >= 0.6 is 0 Å². The van der Waals surface area contributed by atoms with Crippen molar-refractivity contribution in [2.45, 2.75) is 26.4 Å². The van der Waals surface area contributed by atoms with Crippen LogP contribution in [0.4, 0.5) is 5.69 Å². The molecule has 1 amide bonds. The first-order chi connectivity index (χ1) is 9.70. The van der Waals surface area contributed by atoms with E-state index in [0.29, 0.717) is 16.8 Å². The highest BCUT2D eigenvalue weighted by Crippen LogP contribution is 2.35. The number of rotatable bonds is 3. The summed E-state index contributed by atoms with van der Waals surface area (Å²) in [7, 11) is 1.15. The Morgan fingerprint density at radius 3 is 2.43 bits per heavy atom. The zero-order valence-corrected chi connectivity index (χ0v) is 12.4. The maximum atomic E-state index is 12.2. The standard InChI is InChI=1S/C15H17NO5/c1-8-5-6-9(2)11-10(8)12(17)13(18)16(11)7-15(3,20)14(19)21-4/h5-6,20H,7H2,1-4H3. The van der Waals surface area contributed by atoms with Gasteiger partial charge in [-0.25, -0.2) is 4.79 Å². The molecule has 1 aromatic carbocycles. The van der Waals surface area contributed by atoms with Crippen molar-refractivity contribution in [3.05, 3.63) is 28.8 Å². The summed E-state index contributed by atoms with van der Waals surface area (Å²) in [6.07, 6.45) is 0. The van der Waals surface area contributed by atoms with Crippen LogP contribution in [0.5, 0.6) is 0 Å². The number of carbonyl (C=O) groups is 3. The third-order valence-electron chi connectivity index (χ3n) is 3.62. The van der Waals surface area contributed by atoms with E-state index < -0.39 is 23.3 Å². The van der Waals surface area contributed by atoms with Crippen molar-refractivity contribution < 1.29 is 24.2 Å². The molecule has 1 atom stereocenters. The van der Waals surface area contributed by atoms with Crippen LogP contribution in [-0.2, 0) is 14.3 Å². The van der Waals surface area contributed by atoms with Gasteiger partial charge in [-0.3, -0.25) is 9.59 Å². The van der Waals surface area contributed by atoms with E-state index in [1.54, 1.807) is 26.0 Å². The fourth-order valence-electron chi connectivity index (χ4n) is 2.50. The number of anilines is 1. The van der Waals surface area contributed by atoms with Crippen LogP contribution < -0.4 is 4.90 Å². The summed E-state index contributed by atoms with van der Waals surface area (Å²) in [5, 5.41) is 10.2. The number of ether oxygens (including phenoxy) is 1. The number of Topliss-reactive ketones (excluding diaryl/α,β-unsaturated/α-hetero) is 1. The number of hydrogen-bond donors (Lipinski definition) is 1. The second-order valence-electron chi connectivity index (χ2n) is 5.41. The molecule has 0 radical (unpaired) electrons. The number of methoxy groups -OCH3 is 1. The first-order valence-electron chi connectivity index (χ1n) is 6.48. The fourth-order valence-corrected chi connectivity index (χ4v) is 2.50. The van der Waals surface area contributed by atoms with E-state index in [-0.39, 0.29) is 6.54 Å². The molecule has 0 spiro atoms. The van der Waals surface area contributed by atoms with Gasteiger partial charge in [0.1, 0.15) is 0 Å². The van der Waals surface area contributed by atoms with E-state index in [2.05, 4.69) is 4.74 Å². The van der Waals surface area contributed by atoms with Crippen LogP contribution in [-0.4, -0.2) is 42.0 Å². The van der Waals surface area contributed by atoms with Gasteiger partial charge in [0.05, 0.1) is 24.9 Å². The molecule has 1 aliphatic rings. The summed E-state index contributed by atoms with van der Waals surface area (Å²) >= 11 is 0. The lowest BCUT2D eigenvalue weighted by molar-refractivity contribution is -0.159. The number of ketones is 1. The quantitative estimate of drug-likeness (QED) is 0.656. The number of nitrogens with zero attached hydrogens (tertiary/aromatic N) is 1. The van der Waals surface area contributed by atoms with E-state index in [1.807, 2.05) is 0 Å². The first kappa shape index (κ1) is 15.2. The highest BCUT2D eigenvalue weighted by molar-refractivity contribution is 6.52. The van der Waals surface area contributed by atoms with Gasteiger partial charge in [0, 0.05) is 0 Å². The van der Waals surface area contributed by atoms with Gasteiger partial charge in [0.25, 0.3) is 11.7 Å². The minimum absolute atomic E-state index is 0.332. The molecule has 1 unspecified atom stereocenters. The predicted molar refractivity (Wildman–Crippen MR) is 75.2 cm³/mol. The molecule has 1 N–H and O–H groups in total. The normalized spacial score (nSPS) is 16.7. The van der Waals surface area contributed by atoms with Crippen molar-refractivity contribution in [2.75, 3.05) is 18.6 Å². The van der Waals surface area contributed by atoms with Crippen molar-refractivity contribution in [3.8, 4) is 0 Å². The zero-order valence-electron chi connectivity index (χ0n) is 12.4. The second-order valence-corrected chi connectivity index (χ2v) is 5.41. The Kier molecular flexibility index (Phi) is 3.59. The van der Waals surface area contributed by atoms with Gasteiger partial charge < -0.3 is 14.7 Å². The largest absolute Gasteiger partial charge is 0.467 e. The van der Waals surface area contributed by atoms with E-state index in [9.17, 15) is 19.5 Å². The van der Waals surface area contributed by atoms with Crippen LogP contribution in [0.3, 0.4) is 0 Å². The number of esters is 1. The highest BCUT2D eigenvalue weighted by Gasteiger charge is 2.43. The van der Waals surface area contributed by atoms with Gasteiger partial charge in [-0.2, -0.15) is 0 Å². The number of benzene rings is 1. The molecule has 0 fully saturated rings. The minimum atomic E-state index is -1.89. The Morgan fingerprint density at radius 1 is 1.29 bits per heavy atom. The number of carbonyl (C=O) groups excluding carboxylic acids is 3. The molecular formula is C15H17NO5. The summed E-state index contributed by atoms with van der Waals surface area (Å²) in [6.45, 7) is 4.43. The van der Waals surface area contributed by atoms with Crippen LogP contribution in [0, 0.1) is 13.8 Å². The van der Waals surface area contributed by atoms with Crippen molar-refractivity contribution in [2.24, 2.45) is 0 Å². The lowest BCUT2D eigenvalue weighted by Crippen LogP contribution is -2.49. The molecule has 1 heterocycles. The average molecular weight is 291 g/mol. The lowest BCUT2D eigenvalue weighted by Gasteiger charge is -2.27. The summed E-state index contributed by atoms with van der Waals surface area (Å²) < 4.78 is 4.52. The Balaban J connectivity index is 2.50. The molecular weight excluding hydrogens is 274 g/mol. The van der Waals surface area contributed by atoms with Crippen molar-refractivity contribution in [1.29, 1.82) is 0 Å². The summed E-state index contributed by atoms with van der Waals surface area (Å²) in [6, 6.07) is 3.56. The van der Waals surface area contributed by atoms with Crippen molar-refractivity contribution >= 4 is 23.3 Å². The third-order valence-corrected chi connectivity index (χ3v) is 3.62. The average Bonchev–Trinajstić information content (AvgIpc) is 2.67. The maximum Gasteiger partial charge on any atom is 0.339 e. The van der Waals surface area contributed by atoms with Gasteiger partial charge in [0.2, 0.25) is 0 Å². The number of aliphatic hydroxyl groups is 1. The SMILES string of the molecule is COC(=O)C(C)(O)CN1C(=O)C(=O)c2c(C)ccc(C)c21. The first-order valence-corrected chi connectivity index (χ1v) is 6.48. The van der Waals surface area contributed by atoms with Crippen LogP contribution in [0.2, 0.25) is 0 Å².